The Morgan fingerprint density at radius 3 is 2.08 bits per heavy atom. The summed E-state index contributed by atoms with van der Waals surface area (Å²) in [6.45, 7) is 16.7. The first-order valence-electron chi connectivity index (χ1n) is 18.3. The third kappa shape index (κ3) is 10.2. The molecule has 4 rings (SSSR count). The zero-order valence-corrected chi connectivity index (χ0v) is 33.2. The van der Waals surface area contributed by atoms with Gasteiger partial charge in [-0.2, -0.15) is 0 Å². The van der Waals surface area contributed by atoms with Crippen molar-refractivity contribution in [3.63, 3.8) is 0 Å². The van der Waals surface area contributed by atoms with Gasteiger partial charge in [0.1, 0.15) is 17.2 Å². The molecule has 2 aliphatic rings. The summed E-state index contributed by atoms with van der Waals surface area (Å²) in [6, 6.07) is 16.0. The van der Waals surface area contributed by atoms with Crippen LogP contribution in [0.25, 0.3) is 4.91 Å². The molecule has 2 aromatic carbocycles. The molecule has 0 unspecified atom stereocenters. The van der Waals surface area contributed by atoms with Gasteiger partial charge in [-0.1, -0.05) is 94.6 Å². The van der Waals surface area contributed by atoms with Gasteiger partial charge >= 0.3 is 6.09 Å². The molecular weight excluding hydrogens is 681 g/mol. The number of rotatable bonds is 12. The maximum absolute atomic E-state index is 14.5. The molecule has 1 heterocycles. The van der Waals surface area contributed by atoms with Crippen LogP contribution in [0.5, 0.6) is 0 Å². The standard InChI is InChI=1S/C40H58N4O7S/c1-10-44(25-31-33(29-19-21-30(22-20-29)37(2,3)4)52(48,49)43-40(31)23-15-12-16-24-40)34(45)32(27-50-26-28-17-13-11-14-18-28)41-35(46)39(8,9)42-36(47)51-38(5,6)7/h11,13-14,17-22,32,43H,10,12,15-16,23-27H2,1-9H3,(H,41,46)(H,42,47)/t32-/m1/s1. The highest BCUT2D eigenvalue weighted by atomic mass is 32.2. The lowest BCUT2D eigenvalue weighted by Crippen LogP contribution is -2.61. The highest BCUT2D eigenvalue weighted by Gasteiger charge is 2.50. The molecule has 52 heavy (non-hydrogen) atoms. The van der Waals surface area contributed by atoms with Crippen molar-refractivity contribution >= 4 is 32.8 Å². The third-order valence-corrected chi connectivity index (χ3v) is 11.3. The quantitative estimate of drug-likeness (QED) is 0.236. The van der Waals surface area contributed by atoms with E-state index >= 15 is 0 Å². The SMILES string of the molecule is CCN(CC1=C(c2ccc(C(C)(C)C)cc2)S(=O)(=O)NC12CCCCC2)C(=O)[C@@H](COCc1ccccc1)NC(=O)C(C)(C)NC(=O)OC(C)(C)C. The van der Waals surface area contributed by atoms with Crippen LogP contribution in [0.15, 0.2) is 60.2 Å². The number of amides is 3. The van der Waals surface area contributed by atoms with Gasteiger partial charge in [0.05, 0.1) is 23.7 Å². The number of nitrogens with zero attached hydrogens (tertiary/aromatic N) is 1. The minimum absolute atomic E-state index is 0.0442. The predicted molar refractivity (Wildman–Crippen MR) is 204 cm³/mol. The molecule has 2 aromatic rings. The van der Waals surface area contributed by atoms with Gasteiger partial charge in [-0.15, -0.1) is 0 Å². The van der Waals surface area contributed by atoms with Gasteiger partial charge < -0.3 is 25.0 Å². The van der Waals surface area contributed by atoms with Gasteiger partial charge in [0, 0.05) is 13.1 Å². The molecule has 0 bridgehead atoms. The molecule has 1 fully saturated rings. The molecule has 286 valence electrons. The summed E-state index contributed by atoms with van der Waals surface area (Å²) >= 11 is 0. The van der Waals surface area contributed by atoms with E-state index in [1.807, 2.05) is 61.5 Å². The average molecular weight is 739 g/mol. The van der Waals surface area contributed by atoms with Crippen LogP contribution in [-0.2, 0) is 41.1 Å². The summed E-state index contributed by atoms with van der Waals surface area (Å²) < 4.78 is 42.4. The maximum Gasteiger partial charge on any atom is 0.408 e. The molecule has 1 aliphatic carbocycles. The number of sulfonamides is 1. The number of hydrogen-bond acceptors (Lipinski definition) is 7. The van der Waals surface area contributed by atoms with Crippen molar-refractivity contribution < 1.29 is 32.3 Å². The zero-order chi connectivity index (χ0) is 38.5. The van der Waals surface area contributed by atoms with Crippen LogP contribution in [0.3, 0.4) is 0 Å². The van der Waals surface area contributed by atoms with Gasteiger partial charge in [0.2, 0.25) is 21.8 Å². The van der Waals surface area contributed by atoms with Crippen LogP contribution in [0.4, 0.5) is 4.79 Å². The minimum Gasteiger partial charge on any atom is -0.444 e. The van der Waals surface area contributed by atoms with Crippen LogP contribution in [-0.4, -0.2) is 73.6 Å². The number of benzene rings is 2. The lowest BCUT2D eigenvalue weighted by atomic mass is 9.76. The molecule has 11 nitrogen and oxygen atoms in total. The molecule has 3 N–H and O–H groups in total. The first-order valence-corrected chi connectivity index (χ1v) is 19.8. The minimum atomic E-state index is -3.91. The largest absolute Gasteiger partial charge is 0.444 e. The van der Waals surface area contributed by atoms with Crippen molar-refractivity contribution in [3.8, 4) is 0 Å². The third-order valence-electron chi connectivity index (χ3n) is 9.59. The Bertz CT molecular complexity index is 1720. The number of ether oxygens (including phenoxy) is 2. The zero-order valence-electron chi connectivity index (χ0n) is 32.4. The Kier molecular flexibility index (Phi) is 12.7. The number of likely N-dealkylation sites (N-methyl/N-ethyl adjacent to an activating group) is 1. The number of nitrogens with one attached hydrogen (secondary N) is 3. The number of carbonyl (C=O) groups is 3. The average Bonchev–Trinajstić information content (AvgIpc) is 3.26. The number of carbonyl (C=O) groups excluding carboxylic acids is 3. The summed E-state index contributed by atoms with van der Waals surface area (Å²) in [7, 11) is -3.91. The highest BCUT2D eigenvalue weighted by Crippen LogP contribution is 2.46. The van der Waals surface area contributed by atoms with E-state index in [1.54, 1.807) is 25.7 Å². The Morgan fingerprint density at radius 2 is 1.52 bits per heavy atom. The van der Waals surface area contributed by atoms with E-state index in [0.717, 1.165) is 30.4 Å². The summed E-state index contributed by atoms with van der Waals surface area (Å²) in [4.78, 5) is 42.7. The molecule has 1 atom stereocenters. The molecule has 0 aromatic heterocycles. The second-order valence-corrected chi connectivity index (χ2v) is 18.1. The van der Waals surface area contributed by atoms with Gasteiger partial charge in [-0.3, -0.25) is 9.59 Å². The van der Waals surface area contributed by atoms with Crippen molar-refractivity contribution in [1.82, 2.24) is 20.3 Å². The normalized spacial score (nSPS) is 17.8. The lowest BCUT2D eigenvalue weighted by Gasteiger charge is -2.38. The van der Waals surface area contributed by atoms with Crippen LogP contribution in [0.2, 0.25) is 0 Å². The van der Waals surface area contributed by atoms with Gasteiger partial charge in [-0.25, -0.2) is 17.9 Å². The van der Waals surface area contributed by atoms with E-state index < -0.39 is 50.7 Å². The van der Waals surface area contributed by atoms with Crippen LogP contribution < -0.4 is 15.4 Å². The fourth-order valence-electron chi connectivity index (χ4n) is 6.74. The lowest BCUT2D eigenvalue weighted by molar-refractivity contribution is -0.139. The van der Waals surface area contributed by atoms with Crippen molar-refractivity contribution in [3.05, 3.63) is 76.9 Å². The second kappa shape index (κ2) is 16.1. The molecular formula is C40H58N4O7S. The van der Waals surface area contributed by atoms with Crippen LogP contribution in [0.1, 0.15) is 111 Å². The first kappa shape index (κ1) is 41.0. The van der Waals surface area contributed by atoms with Crippen LogP contribution in [0, 0.1) is 0 Å². The fraction of sp³-hybridized carbons (Fsp3) is 0.575. The monoisotopic (exact) mass is 738 g/mol. The summed E-state index contributed by atoms with van der Waals surface area (Å²) in [6.07, 6.45) is 3.20. The highest BCUT2D eigenvalue weighted by molar-refractivity contribution is 7.99. The Labute approximate surface area is 310 Å². The Balaban J connectivity index is 1.69. The van der Waals surface area contributed by atoms with E-state index in [1.165, 1.54) is 13.8 Å². The second-order valence-electron chi connectivity index (χ2n) is 16.5. The fourth-order valence-corrected chi connectivity index (χ4v) is 8.71. The molecule has 1 spiro atoms. The van der Waals surface area contributed by atoms with E-state index in [4.69, 9.17) is 9.47 Å². The summed E-state index contributed by atoms with van der Waals surface area (Å²) in [5, 5.41) is 5.43. The molecule has 1 aliphatic heterocycles. The van der Waals surface area contributed by atoms with Crippen molar-refractivity contribution in [1.29, 1.82) is 0 Å². The van der Waals surface area contributed by atoms with Crippen molar-refractivity contribution in [2.75, 3.05) is 19.7 Å². The van der Waals surface area contributed by atoms with Gasteiger partial charge in [0.25, 0.3) is 0 Å². The number of hydrogen-bond donors (Lipinski definition) is 3. The first-order chi connectivity index (χ1) is 24.2. The van der Waals surface area contributed by atoms with Gasteiger partial charge in [0.15, 0.2) is 0 Å². The summed E-state index contributed by atoms with van der Waals surface area (Å²) in [5.74, 6) is -1.04. The molecule has 1 saturated carbocycles. The topological polar surface area (TPSA) is 143 Å². The number of alkyl carbamates (subject to hydrolysis) is 1. The summed E-state index contributed by atoms with van der Waals surface area (Å²) in [5.41, 5.74) is 0.0679. The van der Waals surface area contributed by atoms with Crippen molar-refractivity contribution in [2.45, 2.75) is 129 Å². The Hall–Kier alpha value is -3.74. The van der Waals surface area contributed by atoms with E-state index in [2.05, 4.69) is 36.1 Å². The van der Waals surface area contributed by atoms with Crippen molar-refractivity contribution in [2.24, 2.45) is 0 Å². The van der Waals surface area contributed by atoms with Gasteiger partial charge in [-0.05, 0) is 82.1 Å². The van der Waals surface area contributed by atoms with E-state index in [-0.39, 0.29) is 36.6 Å². The predicted octanol–water partition coefficient (Wildman–Crippen LogP) is 6.18. The van der Waals surface area contributed by atoms with E-state index in [0.29, 0.717) is 24.0 Å². The van der Waals surface area contributed by atoms with Crippen LogP contribution >= 0.6 is 0 Å². The smallest absolute Gasteiger partial charge is 0.408 e. The maximum atomic E-state index is 14.5. The molecule has 3 amide bonds. The van der Waals surface area contributed by atoms with E-state index in [9.17, 15) is 22.8 Å². The Morgan fingerprint density at radius 1 is 0.904 bits per heavy atom. The molecule has 0 saturated heterocycles. The molecule has 12 heteroatoms. The molecule has 0 radical (unpaired) electrons.